The summed E-state index contributed by atoms with van der Waals surface area (Å²) >= 11 is 3.21. The Bertz CT molecular complexity index is 3380. The van der Waals surface area contributed by atoms with Gasteiger partial charge in [-0.2, -0.15) is 0 Å². The van der Waals surface area contributed by atoms with Crippen LogP contribution in [0.4, 0.5) is 11.4 Å². The van der Waals surface area contributed by atoms with Crippen LogP contribution >= 0.6 is 22.7 Å². The second-order valence-corrected chi connectivity index (χ2v) is 21.8. The highest BCUT2D eigenvalue weighted by Crippen LogP contribution is 2.55. The third-order valence-electron chi connectivity index (χ3n) is 14.7. The van der Waals surface area contributed by atoms with Gasteiger partial charge in [0.15, 0.2) is 23.0 Å². The topological polar surface area (TPSA) is 93.1 Å². The average Bonchev–Trinajstić information content (AvgIpc) is 4.32. The summed E-state index contributed by atoms with van der Waals surface area (Å²) in [7, 11) is 0. The predicted molar refractivity (Wildman–Crippen MR) is 321 cm³/mol. The van der Waals surface area contributed by atoms with E-state index in [2.05, 4.69) is 170 Å². The molecule has 2 N–H and O–H groups in total. The van der Waals surface area contributed by atoms with Crippen LogP contribution in [0.15, 0.2) is 109 Å². The van der Waals surface area contributed by atoms with Crippen LogP contribution in [0.3, 0.4) is 0 Å². The highest BCUT2D eigenvalue weighted by Gasteiger charge is 2.42. The number of ether oxygens (including phenoxy) is 5. The number of unbranched alkanes of at least 4 members (excludes halogenated alkanes) is 2. The number of phenols is 1. The summed E-state index contributed by atoms with van der Waals surface area (Å²) in [5.41, 5.74) is 11.5. The van der Waals surface area contributed by atoms with E-state index < -0.39 is 0 Å². The fraction of sp³-hybridized carbons (Fsp3) is 0.313. The van der Waals surface area contributed by atoms with Crippen molar-refractivity contribution in [3.05, 3.63) is 162 Å². The number of phenolic OH excluding ortho intramolecular Hbond substituents is 1. The molecule has 0 saturated carbocycles. The molecule has 0 unspecified atom stereocenters. The molecule has 0 amide bonds. The molecule has 9 nitrogen and oxygen atoms in total. The number of fused-ring (bicyclic) bond motifs is 5. The minimum atomic E-state index is -0.165. The molecular weight excluding hydrogens is 1010 g/mol. The Labute approximate surface area is 468 Å². The summed E-state index contributed by atoms with van der Waals surface area (Å²) in [6, 6.07) is 37.4. The highest BCUT2D eigenvalue weighted by molar-refractivity contribution is 7.14. The maximum absolute atomic E-state index is 9.59. The van der Waals surface area contributed by atoms with Gasteiger partial charge in [0.05, 0.1) is 22.9 Å². The van der Waals surface area contributed by atoms with Crippen molar-refractivity contribution < 1.29 is 33.9 Å². The number of benzene rings is 5. The molecule has 11 heteroatoms. The van der Waals surface area contributed by atoms with Gasteiger partial charge in [-0.15, -0.1) is 22.7 Å². The minimum Gasteiger partial charge on any atom is -0.508 e. The van der Waals surface area contributed by atoms with Gasteiger partial charge in [0.1, 0.15) is 54.3 Å². The van der Waals surface area contributed by atoms with E-state index in [-0.39, 0.29) is 17.8 Å². The first-order chi connectivity index (χ1) is 38.3. The summed E-state index contributed by atoms with van der Waals surface area (Å²) in [5.74, 6) is 18.1. The third-order valence-corrected chi connectivity index (χ3v) is 16.8. The number of hydrogen-bond acceptors (Lipinski definition) is 11. The number of anilines is 2. The van der Waals surface area contributed by atoms with Crippen LogP contribution in [-0.4, -0.2) is 76.0 Å². The molecule has 0 atom stereocenters. The molecule has 2 aromatic heterocycles. The Kier molecular flexibility index (Phi) is 17.5. The van der Waals surface area contributed by atoms with Crippen molar-refractivity contribution in [1.82, 2.24) is 0 Å². The minimum absolute atomic E-state index is 0.124. The Morgan fingerprint density at radius 2 is 1.01 bits per heavy atom. The van der Waals surface area contributed by atoms with Gasteiger partial charge in [-0.25, -0.2) is 0 Å². The molecule has 0 saturated heterocycles. The Morgan fingerprint density at radius 1 is 0.551 bits per heavy atom. The largest absolute Gasteiger partial charge is 0.508 e. The van der Waals surface area contributed by atoms with Crippen LogP contribution in [0.5, 0.6) is 34.5 Å². The van der Waals surface area contributed by atoms with Crippen LogP contribution in [0.1, 0.15) is 119 Å². The Hall–Kier alpha value is -7.54. The molecule has 0 bridgehead atoms. The summed E-state index contributed by atoms with van der Waals surface area (Å²) in [6.45, 7) is 14.5. The first-order valence-electron chi connectivity index (χ1n) is 27.6. The molecule has 400 valence electrons. The standard InChI is InChI=1S/C67H68N2O7S2/c1-5-9-35-67(36-10-6-2)57-45-49(19-33-61-65-63(73-41-43-75-65)59(77-61)31-17-47-11-21-51(22-12-47)68(7-3)37-39-70)15-29-55(57)56-30-16-50(46-58(56)67)20-34-62-66-64(74-42-44-76-66)60(78-62)32-18-48-13-23-52(24-14-48)69(8-4)38-40-72-54-27-25-53(71)26-28-54/h11-18,21-32,45-46,70-71H,5-10,35-44H2,1-4H3/b31-17+,32-18+. The normalized spacial score (nSPS) is 13.6. The van der Waals surface area contributed by atoms with E-state index in [1.807, 2.05) is 0 Å². The summed E-state index contributed by atoms with van der Waals surface area (Å²) in [6.07, 6.45) is 15.0. The lowest BCUT2D eigenvalue weighted by Gasteiger charge is -2.33. The van der Waals surface area contributed by atoms with Crippen molar-refractivity contribution in [2.24, 2.45) is 0 Å². The van der Waals surface area contributed by atoms with E-state index in [0.717, 1.165) is 140 Å². The summed E-state index contributed by atoms with van der Waals surface area (Å²) in [5, 5.41) is 19.1. The van der Waals surface area contributed by atoms with Crippen molar-refractivity contribution in [3.8, 4) is 69.3 Å². The quantitative estimate of drug-likeness (QED) is 0.0724. The lowest BCUT2D eigenvalue weighted by Crippen LogP contribution is -2.27. The van der Waals surface area contributed by atoms with Crippen LogP contribution in [-0.2, 0) is 5.41 Å². The van der Waals surface area contributed by atoms with Gasteiger partial charge in [0.2, 0.25) is 0 Å². The molecule has 7 aromatic rings. The van der Waals surface area contributed by atoms with Gasteiger partial charge in [-0.1, -0.05) is 99.9 Å². The van der Waals surface area contributed by atoms with E-state index in [1.165, 1.54) is 22.3 Å². The fourth-order valence-corrected chi connectivity index (χ4v) is 12.6. The number of aliphatic hydroxyl groups is 1. The zero-order chi connectivity index (χ0) is 53.8. The zero-order valence-corrected chi connectivity index (χ0v) is 46.8. The molecule has 2 aliphatic heterocycles. The predicted octanol–water partition coefficient (Wildman–Crippen LogP) is 14.6. The Balaban J connectivity index is 0.886. The van der Waals surface area contributed by atoms with Gasteiger partial charge in [-0.05, 0) is 157 Å². The van der Waals surface area contributed by atoms with Crippen LogP contribution in [0, 0.1) is 23.7 Å². The number of rotatable bonds is 20. The van der Waals surface area contributed by atoms with Gasteiger partial charge in [0.25, 0.3) is 0 Å². The molecule has 3 aliphatic rings. The molecule has 4 heterocycles. The molecular formula is C67H68N2O7S2. The molecule has 1 aliphatic carbocycles. The van der Waals surface area contributed by atoms with Crippen LogP contribution < -0.4 is 33.5 Å². The maximum Gasteiger partial charge on any atom is 0.188 e. The molecule has 0 radical (unpaired) electrons. The van der Waals surface area contributed by atoms with Gasteiger partial charge < -0.3 is 43.7 Å². The lowest BCUT2D eigenvalue weighted by molar-refractivity contribution is 0.173. The van der Waals surface area contributed by atoms with E-state index in [9.17, 15) is 10.2 Å². The number of nitrogens with zero attached hydrogens (tertiary/aromatic N) is 2. The molecule has 0 spiro atoms. The second kappa shape index (κ2) is 25.3. The lowest BCUT2D eigenvalue weighted by atomic mass is 9.70. The zero-order valence-electron chi connectivity index (χ0n) is 45.2. The van der Waals surface area contributed by atoms with Gasteiger partial charge >= 0.3 is 0 Å². The van der Waals surface area contributed by atoms with Gasteiger partial charge in [-0.3, -0.25) is 0 Å². The summed E-state index contributed by atoms with van der Waals surface area (Å²) in [4.78, 5) is 8.13. The monoisotopic (exact) mass is 1080 g/mol. The maximum atomic E-state index is 9.59. The second-order valence-electron chi connectivity index (χ2n) is 19.7. The summed E-state index contributed by atoms with van der Waals surface area (Å²) < 4.78 is 30.9. The average molecular weight is 1080 g/mol. The highest BCUT2D eigenvalue weighted by atomic mass is 32.1. The Morgan fingerprint density at radius 3 is 1.46 bits per heavy atom. The molecule has 0 fully saturated rings. The van der Waals surface area contributed by atoms with E-state index in [1.54, 1.807) is 46.9 Å². The first kappa shape index (κ1) is 53.8. The number of likely N-dealkylation sites (N-methyl/N-ethyl adjacent to an activating group) is 2. The first-order valence-corrected chi connectivity index (χ1v) is 29.2. The molecule has 5 aromatic carbocycles. The number of aromatic hydroxyl groups is 1. The SMILES string of the molecule is CCCCC1(CCCC)c2cc(C#Cc3sc(/C=C/c4ccc(N(CC)CCO)cc4)c4c3OCCO4)ccc2-c2ccc(C#Cc3sc(/C=C/c4ccc(N(CC)CCOc5ccc(O)cc5)cc4)c4c3OCCO4)cc21. The van der Waals surface area contributed by atoms with Crippen molar-refractivity contribution in [3.63, 3.8) is 0 Å². The fourth-order valence-electron chi connectivity index (χ4n) is 10.7. The van der Waals surface area contributed by atoms with Crippen molar-refractivity contribution >= 4 is 58.4 Å². The number of aliphatic hydroxyl groups excluding tert-OH is 1. The van der Waals surface area contributed by atoms with Crippen molar-refractivity contribution in [2.45, 2.75) is 71.6 Å². The number of thiophene rings is 2. The smallest absolute Gasteiger partial charge is 0.188 e. The van der Waals surface area contributed by atoms with Crippen molar-refractivity contribution in [1.29, 1.82) is 0 Å². The van der Waals surface area contributed by atoms with E-state index >= 15 is 0 Å². The van der Waals surface area contributed by atoms with Crippen LogP contribution in [0.25, 0.3) is 35.4 Å². The van der Waals surface area contributed by atoms with E-state index in [4.69, 9.17) is 23.7 Å². The van der Waals surface area contributed by atoms with Crippen molar-refractivity contribution in [2.75, 3.05) is 75.6 Å². The number of hydrogen-bond donors (Lipinski definition) is 2. The van der Waals surface area contributed by atoms with Crippen LogP contribution in [0.2, 0.25) is 0 Å². The molecule has 10 rings (SSSR count). The third kappa shape index (κ3) is 12.0. The molecule has 78 heavy (non-hydrogen) atoms. The van der Waals surface area contributed by atoms with E-state index in [0.29, 0.717) is 39.6 Å². The van der Waals surface area contributed by atoms with Gasteiger partial charge in [0, 0.05) is 47.6 Å².